The summed E-state index contributed by atoms with van der Waals surface area (Å²) >= 11 is 0. The molecule has 1 heterocycles. The molecule has 98 valence electrons. The van der Waals surface area contributed by atoms with Crippen LogP contribution in [-0.4, -0.2) is 10.7 Å². The third-order valence-electron chi connectivity index (χ3n) is 3.32. The second-order valence-corrected chi connectivity index (χ2v) is 4.86. The molecule has 3 heteroatoms. The molecule has 0 saturated heterocycles. The first-order chi connectivity index (χ1) is 8.58. The lowest BCUT2D eigenvalue weighted by atomic mass is 10.1. The van der Waals surface area contributed by atoms with Crippen molar-refractivity contribution in [3.05, 3.63) is 29.5 Å². The van der Waals surface area contributed by atoms with E-state index >= 15 is 0 Å². The number of ether oxygens (including phenoxy) is 1. The van der Waals surface area contributed by atoms with Crippen molar-refractivity contribution in [2.45, 2.75) is 46.9 Å². The average molecular weight is 246 g/mol. The van der Waals surface area contributed by atoms with E-state index in [9.17, 15) is 0 Å². The first-order valence-corrected chi connectivity index (χ1v) is 6.56. The fourth-order valence-corrected chi connectivity index (χ4v) is 2.54. The molecule has 3 nitrogen and oxygen atoms in total. The van der Waals surface area contributed by atoms with Gasteiger partial charge in [-0.25, -0.2) is 0 Å². The second-order valence-electron chi connectivity index (χ2n) is 4.86. The van der Waals surface area contributed by atoms with Crippen LogP contribution in [0.4, 0.5) is 0 Å². The number of benzene rings is 1. The van der Waals surface area contributed by atoms with Gasteiger partial charge in [0.15, 0.2) is 0 Å². The Bertz CT molecular complexity index is 555. The number of fused-ring (bicyclic) bond motifs is 1. The van der Waals surface area contributed by atoms with Crippen LogP contribution in [0.3, 0.4) is 0 Å². The van der Waals surface area contributed by atoms with Crippen LogP contribution in [0.5, 0.6) is 5.75 Å². The lowest BCUT2D eigenvalue weighted by Crippen LogP contribution is -2.05. The first kappa shape index (κ1) is 13.0. The van der Waals surface area contributed by atoms with E-state index in [1.807, 2.05) is 19.9 Å². The van der Waals surface area contributed by atoms with E-state index in [2.05, 4.69) is 30.5 Å². The van der Waals surface area contributed by atoms with E-state index in [1.165, 1.54) is 22.2 Å². The highest BCUT2D eigenvalue weighted by Crippen LogP contribution is 2.29. The van der Waals surface area contributed by atoms with Gasteiger partial charge in [-0.3, -0.25) is 0 Å². The molecule has 18 heavy (non-hydrogen) atoms. The second kappa shape index (κ2) is 5.02. The molecule has 0 bridgehead atoms. The Balaban J connectivity index is 2.61. The third kappa shape index (κ3) is 2.10. The predicted octanol–water partition coefficient (Wildman–Crippen LogP) is 3.22. The van der Waals surface area contributed by atoms with E-state index in [1.54, 1.807) is 0 Å². The number of hydrogen-bond donors (Lipinski definition) is 1. The van der Waals surface area contributed by atoms with Crippen LogP contribution in [0.15, 0.2) is 18.2 Å². The number of nitrogens with two attached hydrogens (primary N) is 1. The van der Waals surface area contributed by atoms with E-state index in [0.717, 1.165) is 12.3 Å². The van der Waals surface area contributed by atoms with Gasteiger partial charge in [0.05, 0.1) is 6.10 Å². The quantitative estimate of drug-likeness (QED) is 0.899. The Hall–Kier alpha value is -1.48. The van der Waals surface area contributed by atoms with Gasteiger partial charge in [-0.15, -0.1) is 0 Å². The van der Waals surface area contributed by atoms with Crippen LogP contribution in [0.25, 0.3) is 10.9 Å². The molecule has 0 spiro atoms. The standard InChI is InChI=1S/C15H22N2O/c1-5-17-11(4)14(9-16)13-8-12(18-10(2)3)6-7-15(13)17/h6-8,10H,5,9,16H2,1-4H3. The highest BCUT2D eigenvalue weighted by atomic mass is 16.5. The average Bonchev–Trinajstić information content (AvgIpc) is 2.58. The van der Waals surface area contributed by atoms with E-state index in [0.29, 0.717) is 6.54 Å². The zero-order valence-corrected chi connectivity index (χ0v) is 11.7. The maximum atomic E-state index is 5.88. The molecule has 1 aromatic heterocycles. The summed E-state index contributed by atoms with van der Waals surface area (Å²) in [7, 11) is 0. The topological polar surface area (TPSA) is 40.2 Å². The molecule has 0 atom stereocenters. The van der Waals surface area contributed by atoms with Crippen LogP contribution in [-0.2, 0) is 13.1 Å². The summed E-state index contributed by atoms with van der Waals surface area (Å²) in [4.78, 5) is 0. The Morgan fingerprint density at radius 3 is 2.61 bits per heavy atom. The number of rotatable bonds is 4. The normalized spacial score (nSPS) is 11.4. The van der Waals surface area contributed by atoms with E-state index in [4.69, 9.17) is 10.5 Å². The van der Waals surface area contributed by atoms with Crippen LogP contribution < -0.4 is 10.5 Å². The summed E-state index contributed by atoms with van der Waals surface area (Å²) in [6.45, 7) is 9.90. The van der Waals surface area contributed by atoms with Gasteiger partial charge < -0.3 is 15.0 Å². The van der Waals surface area contributed by atoms with Crippen LogP contribution in [0.1, 0.15) is 32.0 Å². The number of hydrogen-bond acceptors (Lipinski definition) is 2. The number of aryl methyl sites for hydroxylation is 1. The predicted molar refractivity (Wildman–Crippen MR) is 76.0 cm³/mol. The molecule has 2 aromatic rings. The van der Waals surface area contributed by atoms with Gasteiger partial charge in [-0.1, -0.05) is 0 Å². The highest BCUT2D eigenvalue weighted by Gasteiger charge is 2.12. The minimum atomic E-state index is 0.193. The smallest absolute Gasteiger partial charge is 0.120 e. The molecule has 0 saturated carbocycles. The van der Waals surface area contributed by atoms with Crippen molar-refractivity contribution in [3.63, 3.8) is 0 Å². The Kier molecular flexibility index (Phi) is 3.62. The summed E-state index contributed by atoms with van der Waals surface area (Å²) in [5.74, 6) is 0.917. The number of aromatic nitrogens is 1. The van der Waals surface area contributed by atoms with Crippen LogP contribution >= 0.6 is 0 Å². The molecule has 2 rings (SSSR count). The highest BCUT2D eigenvalue weighted by molar-refractivity contribution is 5.86. The summed E-state index contributed by atoms with van der Waals surface area (Å²) in [5.41, 5.74) is 9.61. The lowest BCUT2D eigenvalue weighted by Gasteiger charge is -2.10. The van der Waals surface area contributed by atoms with Crippen molar-refractivity contribution in [1.29, 1.82) is 0 Å². The molecule has 0 aliphatic heterocycles. The van der Waals surface area contributed by atoms with E-state index in [-0.39, 0.29) is 6.10 Å². The molecular formula is C15H22N2O. The SMILES string of the molecule is CCn1c(C)c(CN)c2cc(OC(C)C)ccc21. The fraction of sp³-hybridized carbons (Fsp3) is 0.467. The Labute approximate surface area is 109 Å². The fourth-order valence-electron chi connectivity index (χ4n) is 2.54. The van der Waals surface area contributed by atoms with Gasteiger partial charge in [0.25, 0.3) is 0 Å². The van der Waals surface area contributed by atoms with Crippen molar-refractivity contribution in [2.24, 2.45) is 5.73 Å². The van der Waals surface area contributed by atoms with Gasteiger partial charge in [0.2, 0.25) is 0 Å². The molecular weight excluding hydrogens is 224 g/mol. The summed E-state index contributed by atoms with van der Waals surface area (Å²) in [6.07, 6.45) is 0.193. The Morgan fingerprint density at radius 1 is 1.33 bits per heavy atom. The monoisotopic (exact) mass is 246 g/mol. The maximum Gasteiger partial charge on any atom is 0.120 e. The van der Waals surface area contributed by atoms with Gasteiger partial charge in [0, 0.05) is 29.7 Å². The maximum absolute atomic E-state index is 5.88. The zero-order chi connectivity index (χ0) is 13.3. The summed E-state index contributed by atoms with van der Waals surface area (Å²) in [5, 5.41) is 1.22. The van der Waals surface area contributed by atoms with Gasteiger partial charge in [-0.05, 0) is 51.5 Å². The van der Waals surface area contributed by atoms with Gasteiger partial charge >= 0.3 is 0 Å². The Morgan fingerprint density at radius 2 is 2.06 bits per heavy atom. The molecule has 0 radical (unpaired) electrons. The van der Waals surface area contributed by atoms with Gasteiger partial charge in [-0.2, -0.15) is 0 Å². The van der Waals surface area contributed by atoms with Crippen LogP contribution in [0.2, 0.25) is 0 Å². The third-order valence-corrected chi connectivity index (χ3v) is 3.32. The summed E-state index contributed by atoms with van der Waals surface area (Å²) in [6, 6.07) is 6.27. The van der Waals surface area contributed by atoms with Gasteiger partial charge in [0.1, 0.15) is 5.75 Å². The van der Waals surface area contributed by atoms with E-state index < -0.39 is 0 Å². The van der Waals surface area contributed by atoms with Crippen molar-refractivity contribution < 1.29 is 4.74 Å². The molecule has 0 fully saturated rings. The minimum Gasteiger partial charge on any atom is -0.491 e. The van der Waals surface area contributed by atoms with Crippen molar-refractivity contribution >= 4 is 10.9 Å². The molecule has 2 N–H and O–H groups in total. The van der Waals surface area contributed by atoms with Crippen molar-refractivity contribution in [1.82, 2.24) is 4.57 Å². The summed E-state index contributed by atoms with van der Waals surface area (Å²) < 4.78 is 8.06. The molecule has 0 unspecified atom stereocenters. The lowest BCUT2D eigenvalue weighted by molar-refractivity contribution is 0.243. The largest absolute Gasteiger partial charge is 0.491 e. The first-order valence-electron chi connectivity index (χ1n) is 6.56. The van der Waals surface area contributed by atoms with Crippen molar-refractivity contribution in [2.75, 3.05) is 0 Å². The molecule has 0 aliphatic rings. The molecule has 0 amide bonds. The minimum absolute atomic E-state index is 0.193. The van der Waals surface area contributed by atoms with Crippen LogP contribution in [0, 0.1) is 6.92 Å². The molecule has 0 aliphatic carbocycles. The zero-order valence-electron chi connectivity index (χ0n) is 11.7. The number of nitrogens with zero attached hydrogens (tertiary/aromatic N) is 1. The van der Waals surface area contributed by atoms with Crippen molar-refractivity contribution in [3.8, 4) is 5.75 Å². The molecule has 1 aromatic carbocycles.